The third-order valence-corrected chi connectivity index (χ3v) is 3.43. The average molecular weight is 204 g/mol. The lowest BCUT2D eigenvalue weighted by atomic mass is 10.2. The molecule has 80 valence electrons. The number of fused-ring (bicyclic) bond motifs is 2. The van der Waals surface area contributed by atoms with E-state index in [1.54, 1.807) is 0 Å². The highest BCUT2D eigenvalue weighted by Gasteiger charge is 2.37. The number of nitrogens with zero attached hydrogens (tertiary/aromatic N) is 3. The Hall–Kier alpha value is -1.16. The van der Waals surface area contributed by atoms with Gasteiger partial charge in [-0.2, -0.15) is 5.10 Å². The summed E-state index contributed by atoms with van der Waals surface area (Å²) in [6.45, 7) is 4.15. The van der Waals surface area contributed by atoms with Crippen LogP contribution >= 0.6 is 0 Å². The van der Waals surface area contributed by atoms with Crippen molar-refractivity contribution in [2.45, 2.75) is 31.8 Å². The molecule has 15 heavy (non-hydrogen) atoms. The number of piperazine rings is 1. The Morgan fingerprint density at radius 1 is 1.20 bits per heavy atom. The van der Waals surface area contributed by atoms with Crippen LogP contribution in [0.2, 0.25) is 0 Å². The molecule has 1 N–H and O–H groups in total. The highest BCUT2D eigenvalue weighted by molar-refractivity contribution is 5.43. The van der Waals surface area contributed by atoms with E-state index >= 15 is 0 Å². The van der Waals surface area contributed by atoms with Crippen molar-refractivity contribution >= 4 is 5.82 Å². The van der Waals surface area contributed by atoms with Crippen molar-refractivity contribution in [1.82, 2.24) is 15.5 Å². The third-order valence-electron chi connectivity index (χ3n) is 3.43. The molecule has 2 fully saturated rings. The first-order chi connectivity index (χ1) is 7.34. The Kier molecular flexibility index (Phi) is 2.09. The predicted molar refractivity (Wildman–Crippen MR) is 58.9 cm³/mol. The Labute approximate surface area is 89.7 Å². The fourth-order valence-corrected chi connectivity index (χ4v) is 2.68. The highest BCUT2D eigenvalue weighted by Crippen LogP contribution is 2.30. The van der Waals surface area contributed by atoms with Gasteiger partial charge in [0, 0.05) is 25.2 Å². The van der Waals surface area contributed by atoms with E-state index < -0.39 is 0 Å². The van der Waals surface area contributed by atoms with E-state index in [9.17, 15) is 0 Å². The molecule has 2 aliphatic heterocycles. The van der Waals surface area contributed by atoms with Gasteiger partial charge in [-0.1, -0.05) is 0 Å². The van der Waals surface area contributed by atoms with Gasteiger partial charge in [-0.15, -0.1) is 5.10 Å². The lowest BCUT2D eigenvalue weighted by Crippen LogP contribution is -2.52. The monoisotopic (exact) mass is 204 g/mol. The molecular formula is C11H16N4. The van der Waals surface area contributed by atoms with Crippen molar-refractivity contribution in [3.63, 3.8) is 0 Å². The minimum atomic E-state index is 0.626. The van der Waals surface area contributed by atoms with Crippen molar-refractivity contribution in [1.29, 1.82) is 0 Å². The largest absolute Gasteiger partial charge is 0.347 e. The molecule has 4 heteroatoms. The SMILES string of the molecule is Cc1ccc(N2C3CC[C@H]2CNC3)nn1. The molecule has 3 rings (SSSR count). The number of anilines is 1. The van der Waals surface area contributed by atoms with Gasteiger partial charge < -0.3 is 10.2 Å². The maximum atomic E-state index is 4.29. The summed E-state index contributed by atoms with van der Waals surface area (Å²) in [6, 6.07) is 5.39. The Morgan fingerprint density at radius 2 is 1.93 bits per heavy atom. The fourth-order valence-electron chi connectivity index (χ4n) is 2.68. The molecule has 0 aliphatic carbocycles. The second kappa shape index (κ2) is 3.45. The first kappa shape index (κ1) is 9.09. The third kappa shape index (κ3) is 1.49. The van der Waals surface area contributed by atoms with Crippen LogP contribution in [-0.4, -0.2) is 35.4 Å². The summed E-state index contributed by atoms with van der Waals surface area (Å²) >= 11 is 0. The van der Waals surface area contributed by atoms with Crippen LogP contribution in [0.25, 0.3) is 0 Å². The van der Waals surface area contributed by atoms with Crippen LogP contribution in [0, 0.1) is 6.92 Å². The van der Waals surface area contributed by atoms with Gasteiger partial charge in [0.25, 0.3) is 0 Å². The first-order valence-corrected chi connectivity index (χ1v) is 5.64. The number of aromatic nitrogens is 2. The summed E-state index contributed by atoms with van der Waals surface area (Å²) in [6.07, 6.45) is 2.57. The minimum Gasteiger partial charge on any atom is -0.347 e. The van der Waals surface area contributed by atoms with Crippen LogP contribution in [0.5, 0.6) is 0 Å². The zero-order valence-electron chi connectivity index (χ0n) is 8.98. The second-order valence-corrected chi connectivity index (χ2v) is 4.48. The summed E-state index contributed by atoms with van der Waals surface area (Å²) in [5.74, 6) is 1.05. The maximum Gasteiger partial charge on any atom is 0.151 e. The number of rotatable bonds is 1. The molecule has 4 nitrogen and oxygen atoms in total. The molecule has 2 saturated heterocycles. The number of hydrogen-bond donors (Lipinski definition) is 1. The van der Waals surface area contributed by atoms with Crippen molar-refractivity contribution in [2.24, 2.45) is 0 Å². The van der Waals surface area contributed by atoms with Gasteiger partial charge in [0.1, 0.15) is 0 Å². The molecule has 0 spiro atoms. The van der Waals surface area contributed by atoms with E-state index in [0.29, 0.717) is 12.1 Å². The number of nitrogens with one attached hydrogen (secondary N) is 1. The van der Waals surface area contributed by atoms with Crippen molar-refractivity contribution in [3.8, 4) is 0 Å². The molecule has 0 saturated carbocycles. The molecular weight excluding hydrogens is 188 g/mol. The molecule has 0 amide bonds. The smallest absolute Gasteiger partial charge is 0.151 e. The van der Waals surface area contributed by atoms with Gasteiger partial charge in [-0.3, -0.25) is 0 Å². The van der Waals surface area contributed by atoms with Crippen LogP contribution in [0.15, 0.2) is 12.1 Å². The molecule has 3 heterocycles. The number of aryl methyl sites for hydroxylation is 1. The Bertz CT molecular complexity index is 332. The van der Waals surface area contributed by atoms with E-state index in [1.807, 2.05) is 13.0 Å². The van der Waals surface area contributed by atoms with Crippen LogP contribution in [0.4, 0.5) is 5.82 Å². The fraction of sp³-hybridized carbons (Fsp3) is 0.636. The van der Waals surface area contributed by atoms with Crippen molar-refractivity contribution < 1.29 is 0 Å². The average Bonchev–Trinajstić information content (AvgIpc) is 2.51. The highest BCUT2D eigenvalue weighted by atomic mass is 15.3. The van der Waals surface area contributed by atoms with Gasteiger partial charge in [0.15, 0.2) is 5.82 Å². The van der Waals surface area contributed by atoms with E-state index in [-0.39, 0.29) is 0 Å². The van der Waals surface area contributed by atoms with E-state index in [4.69, 9.17) is 0 Å². The lowest BCUT2D eigenvalue weighted by molar-refractivity contribution is 0.479. The van der Waals surface area contributed by atoms with Gasteiger partial charge in [0.05, 0.1) is 5.69 Å². The molecule has 1 aromatic heterocycles. The van der Waals surface area contributed by atoms with Gasteiger partial charge >= 0.3 is 0 Å². The van der Waals surface area contributed by atoms with E-state index in [1.165, 1.54) is 12.8 Å². The van der Waals surface area contributed by atoms with Crippen LogP contribution in [0.1, 0.15) is 18.5 Å². The zero-order valence-corrected chi connectivity index (χ0v) is 8.98. The lowest BCUT2D eigenvalue weighted by Gasteiger charge is -2.35. The summed E-state index contributed by atoms with van der Waals surface area (Å²) in [5, 5.41) is 11.9. The Morgan fingerprint density at radius 3 is 2.53 bits per heavy atom. The second-order valence-electron chi connectivity index (χ2n) is 4.48. The summed E-state index contributed by atoms with van der Waals surface area (Å²) in [4.78, 5) is 2.45. The van der Waals surface area contributed by atoms with Crippen LogP contribution < -0.4 is 10.2 Å². The summed E-state index contributed by atoms with van der Waals surface area (Å²) < 4.78 is 0. The number of hydrogen-bond acceptors (Lipinski definition) is 4. The van der Waals surface area contributed by atoms with Crippen molar-refractivity contribution in [2.75, 3.05) is 18.0 Å². The molecule has 1 aromatic rings. The molecule has 2 aliphatic rings. The van der Waals surface area contributed by atoms with Crippen molar-refractivity contribution in [3.05, 3.63) is 17.8 Å². The summed E-state index contributed by atoms with van der Waals surface area (Å²) in [5.41, 5.74) is 0.987. The standard InChI is InChI=1S/C11H16N4/c1-8-2-5-11(14-13-8)15-9-3-4-10(15)7-12-6-9/h2,5,9-10,12H,3-4,6-7H2,1H3/t9-,10?/m0/s1. The predicted octanol–water partition coefficient (Wildman–Crippen LogP) is 0.726. The zero-order chi connectivity index (χ0) is 10.3. The Balaban J connectivity index is 1.90. The van der Waals surface area contributed by atoms with Gasteiger partial charge in [0.2, 0.25) is 0 Å². The van der Waals surface area contributed by atoms with E-state index in [0.717, 1.165) is 24.6 Å². The topological polar surface area (TPSA) is 41.0 Å². The molecule has 1 unspecified atom stereocenters. The molecule has 2 bridgehead atoms. The quantitative estimate of drug-likeness (QED) is 0.732. The molecule has 2 atom stereocenters. The normalized spacial score (nSPS) is 29.5. The van der Waals surface area contributed by atoms with Crippen LogP contribution in [-0.2, 0) is 0 Å². The van der Waals surface area contributed by atoms with Gasteiger partial charge in [-0.05, 0) is 31.9 Å². The minimum absolute atomic E-state index is 0.626. The first-order valence-electron chi connectivity index (χ1n) is 5.64. The van der Waals surface area contributed by atoms with Gasteiger partial charge in [-0.25, -0.2) is 0 Å². The maximum absolute atomic E-state index is 4.29. The molecule has 0 radical (unpaired) electrons. The van der Waals surface area contributed by atoms with E-state index in [2.05, 4.69) is 26.5 Å². The van der Waals surface area contributed by atoms with Crippen LogP contribution in [0.3, 0.4) is 0 Å². The molecule has 0 aromatic carbocycles. The summed E-state index contributed by atoms with van der Waals surface area (Å²) in [7, 11) is 0.